The highest BCUT2D eigenvalue weighted by molar-refractivity contribution is 5.41. The highest BCUT2D eigenvalue weighted by Crippen LogP contribution is 2.17. The molecule has 0 N–H and O–H groups in total. The van der Waals surface area contributed by atoms with E-state index in [-0.39, 0.29) is 0 Å². The van der Waals surface area contributed by atoms with Gasteiger partial charge in [0.15, 0.2) is 5.82 Å². The van der Waals surface area contributed by atoms with E-state index in [4.69, 9.17) is 0 Å². The van der Waals surface area contributed by atoms with E-state index in [2.05, 4.69) is 38.8 Å². The number of piperidine rings is 1. The maximum absolute atomic E-state index is 4.62. The molecular weight excluding hydrogens is 214 g/mol. The molecule has 0 atom stereocenters. The minimum absolute atomic E-state index is 0.786. The Morgan fingerprint density at radius 1 is 1.18 bits per heavy atom. The molecule has 5 heteroatoms. The van der Waals surface area contributed by atoms with Gasteiger partial charge in [0.05, 0.1) is 6.20 Å². The lowest BCUT2D eigenvalue weighted by molar-refractivity contribution is 0.564. The molecular formula is C12H21N5. The van der Waals surface area contributed by atoms with Crippen molar-refractivity contribution in [3.8, 4) is 0 Å². The molecule has 0 aromatic carbocycles. The zero-order valence-corrected chi connectivity index (χ0v) is 10.8. The van der Waals surface area contributed by atoms with Crippen molar-refractivity contribution in [1.82, 2.24) is 15.2 Å². The van der Waals surface area contributed by atoms with Gasteiger partial charge < -0.3 is 9.80 Å². The Morgan fingerprint density at radius 2 is 1.88 bits per heavy atom. The Hall–Kier alpha value is -1.39. The first-order valence-corrected chi connectivity index (χ1v) is 6.54. The molecule has 0 radical (unpaired) electrons. The van der Waals surface area contributed by atoms with E-state index in [1.807, 2.05) is 0 Å². The van der Waals surface area contributed by atoms with Crippen LogP contribution in [-0.2, 0) is 0 Å². The van der Waals surface area contributed by atoms with Gasteiger partial charge in [-0.1, -0.05) is 0 Å². The monoisotopic (exact) mass is 235 g/mol. The summed E-state index contributed by atoms with van der Waals surface area (Å²) in [5, 5.41) is 8.23. The quantitative estimate of drug-likeness (QED) is 0.795. The Bertz CT molecular complexity index is 345. The maximum atomic E-state index is 4.62. The molecule has 2 heterocycles. The zero-order chi connectivity index (χ0) is 12.1. The standard InChI is InChI=1S/C12H21N5/c1-3-16(4-2)11-10-13-15-12(14-11)17-8-6-5-7-9-17/h10H,3-9H2,1-2H3. The van der Waals surface area contributed by atoms with Crippen molar-refractivity contribution in [3.63, 3.8) is 0 Å². The lowest BCUT2D eigenvalue weighted by Crippen LogP contribution is -2.32. The van der Waals surface area contributed by atoms with Crippen LogP contribution >= 0.6 is 0 Å². The molecule has 1 saturated heterocycles. The van der Waals surface area contributed by atoms with Crippen LogP contribution in [0, 0.1) is 0 Å². The summed E-state index contributed by atoms with van der Waals surface area (Å²) >= 11 is 0. The number of nitrogens with zero attached hydrogens (tertiary/aromatic N) is 5. The summed E-state index contributed by atoms with van der Waals surface area (Å²) in [4.78, 5) is 9.05. The molecule has 1 aromatic heterocycles. The molecule has 0 spiro atoms. The van der Waals surface area contributed by atoms with Gasteiger partial charge in [-0.3, -0.25) is 0 Å². The van der Waals surface area contributed by atoms with E-state index in [0.29, 0.717) is 0 Å². The molecule has 0 aliphatic carbocycles. The Kier molecular flexibility index (Phi) is 4.12. The second-order valence-corrected chi connectivity index (χ2v) is 4.33. The SMILES string of the molecule is CCN(CC)c1cnnc(N2CCCCC2)n1. The fraction of sp³-hybridized carbons (Fsp3) is 0.750. The molecule has 1 aliphatic heterocycles. The van der Waals surface area contributed by atoms with Crippen LogP contribution in [0.15, 0.2) is 6.20 Å². The largest absolute Gasteiger partial charge is 0.356 e. The van der Waals surface area contributed by atoms with Crippen molar-refractivity contribution in [3.05, 3.63) is 6.20 Å². The number of rotatable bonds is 4. The highest BCUT2D eigenvalue weighted by atomic mass is 15.3. The molecule has 2 rings (SSSR count). The molecule has 0 saturated carbocycles. The molecule has 0 amide bonds. The third-order valence-electron chi connectivity index (χ3n) is 3.26. The Morgan fingerprint density at radius 3 is 2.53 bits per heavy atom. The summed E-state index contributed by atoms with van der Waals surface area (Å²) in [5.41, 5.74) is 0. The lowest BCUT2D eigenvalue weighted by atomic mass is 10.1. The molecule has 0 bridgehead atoms. The van der Waals surface area contributed by atoms with Crippen molar-refractivity contribution < 1.29 is 0 Å². The maximum Gasteiger partial charge on any atom is 0.247 e. The molecule has 1 fully saturated rings. The topological polar surface area (TPSA) is 45.2 Å². The van der Waals surface area contributed by atoms with Crippen LogP contribution in [0.5, 0.6) is 0 Å². The summed E-state index contributed by atoms with van der Waals surface area (Å²) in [6, 6.07) is 0. The average molecular weight is 235 g/mol. The Labute approximate surface area is 103 Å². The molecule has 17 heavy (non-hydrogen) atoms. The van der Waals surface area contributed by atoms with E-state index >= 15 is 0 Å². The van der Waals surface area contributed by atoms with Gasteiger partial charge in [0.1, 0.15) is 0 Å². The minimum atomic E-state index is 0.786. The van der Waals surface area contributed by atoms with Crippen molar-refractivity contribution in [2.24, 2.45) is 0 Å². The number of hydrogen-bond acceptors (Lipinski definition) is 5. The minimum Gasteiger partial charge on any atom is -0.356 e. The van der Waals surface area contributed by atoms with E-state index in [9.17, 15) is 0 Å². The zero-order valence-electron chi connectivity index (χ0n) is 10.8. The fourth-order valence-electron chi connectivity index (χ4n) is 2.21. The van der Waals surface area contributed by atoms with Gasteiger partial charge in [-0.15, -0.1) is 5.10 Å². The third-order valence-corrected chi connectivity index (χ3v) is 3.26. The average Bonchev–Trinajstić information content (AvgIpc) is 2.42. The van der Waals surface area contributed by atoms with Crippen molar-refractivity contribution in [2.45, 2.75) is 33.1 Å². The van der Waals surface area contributed by atoms with Gasteiger partial charge in [-0.05, 0) is 33.1 Å². The summed E-state index contributed by atoms with van der Waals surface area (Å²) in [7, 11) is 0. The van der Waals surface area contributed by atoms with Gasteiger partial charge in [0.25, 0.3) is 0 Å². The van der Waals surface area contributed by atoms with Crippen LogP contribution in [-0.4, -0.2) is 41.4 Å². The molecule has 1 aromatic rings. The predicted molar refractivity (Wildman–Crippen MR) is 69.5 cm³/mol. The van der Waals surface area contributed by atoms with Crippen LogP contribution in [0.3, 0.4) is 0 Å². The van der Waals surface area contributed by atoms with E-state index < -0.39 is 0 Å². The first-order chi connectivity index (χ1) is 8.35. The molecule has 1 aliphatic rings. The fourth-order valence-corrected chi connectivity index (χ4v) is 2.21. The third kappa shape index (κ3) is 2.84. The van der Waals surface area contributed by atoms with Gasteiger partial charge >= 0.3 is 0 Å². The number of anilines is 2. The first kappa shape index (κ1) is 12.1. The smallest absolute Gasteiger partial charge is 0.247 e. The van der Waals surface area contributed by atoms with E-state index in [1.165, 1.54) is 19.3 Å². The predicted octanol–water partition coefficient (Wildman–Crippen LogP) is 1.71. The molecule has 0 unspecified atom stereocenters. The number of aromatic nitrogens is 3. The summed E-state index contributed by atoms with van der Waals surface area (Å²) in [6.45, 7) is 8.29. The highest BCUT2D eigenvalue weighted by Gasteiger charge is 2.15. The van der Waals surface area contributed by atoms with E-state index in [0.717, 1.165) is 37.9 Å². The number of hydrogen-bond donors (Lipinski definition) is 0. The van der Waals surface area contributed by atoms with Crippen LogP contribution in [0.4, 0.5) is 11.8 Å². The summed E-state index contributed by atoms with van der Waals surface area (Å²) in [5.74, 6) is 1.72. The lowest BCUT2D eigenvalue weighted by Gasteiger charge is -2.27. The van der Waals surface area contributed by atoms with Gasteiger partial charge in [-0.25, -0.2) is 0 Å². The Balaban J connectivity index is 2.15. The van der Waals surface area contributed by atoms with Crippen molar-refractivity contribution in [2.75, 3.05) is 36.0 Å². The first-order valence-electron chi connectivity index (χ1n) is 6.54. The second-order valence-electron chi connectivity index (χ2n) is 4.33. The van der Waals surface area contributed by atoms with Crippen LogP contribution in [0.25, 0.3) is 0 Å². The second kappa shape index (κ2) is 5.80. The normalized spacial score (nSPS) is 16.0. The molecule has 5 nitrogen and oxygen atoms in total. The molecule has 94 valence electrons. The van der Waals surface area contributed by atoms with Crippen LogP contribution in [0.1, 0.15) is 33.1 Å². The summed E-state index contributed by atoms with van der Waals surface area (Å²) in [6.07, 6.45) is 5.54. The van der Waals surface area contributed by atoms with Crippen molar-refractivity contribution >= 4 is 11.8 Å². The van der Waals surface area contributed by atoms with Gasteiger partial charge in [0, 0.05) is 26.2 Å². The van der Waals surface area contributed by atoms with E-state index in [1.54, 1.807) is 6.20 Å². The van der Waals surface area contributed by atoms with Crippen molar-refractivity contribution in [1.29, 1.82) is 0 Å². The van der Waals surface area contributed by atoms with Gasteiger partial charge in [0.2, 0.25) is 5.95 Å². The van der Waals surface area contributed by atoms with Crippen LogP contribution in [0.2, 0.25) is 0 Å². The van der Waals surface area contributed by atoms with Crippen LogP contribution < -0.4 is 9.80 Å². The summed E-state index contributed by atoms with van der Waals surface area (Å²) < 4.78 is 0. The van der Waals surface area contributed by atoms with Gasteiger partial charge in [-0.2, -0.15) is 10.1 Å².